The van der Waals surface area contributed by atoms with E-state index in [9.17, 15) is 10.1 Å². The number of nitriles is 1. The van der Waals surface area contributed by atoms with E-state index in [1.54, 1.807) is 6.07 Å². The minimum atomic E-state index is 0.0689. The first-order chi connectivity index (χ1) is 13.2. The second-order valence-corrected chi connectivity index (χ2v) is 7.25. The minimum absolute atomic E-state index is 0.0689. The number of oxazole rings is 1. The van der Waals surface area contributed by atoms with Gasteiger partial charge in [0.05, 0.1) is 0 Å². The van der Waals surface area contributed by atoms with Gasteiger partial charge in [0.2, 0.25) is 17.5 Å². The van der Waals surface area contributed by atoms with Crippen LogP contribution in [0.2, 0.25) is 0 Å². The molecular weight excluding hydrogens is 340 g/mol. The molecule has 3 aromatic rings. The number of hydrogen-bond acceptors (Lipinski definition) is 5. The summed E-state index contributed by atoms with van der Waals surface area (Å²) in [6.07, 6.45) is 1.06. The summed E-state index contributed by atoms with van der Waals surface area (Å²) in [6, 6.07) is 17.3. The first-order valence-electron chi connectivity index (χ1n) is 9.14. The molecule has 6 heteroatoms. The van der Waals surface area contributed by atoms with Crippen molar-refractivity contribution in [2.45, 2.75) is 18.9 Å². The summed E-state index contributed by atoms with van der Waals surface area (Å²) in [4.78, 5) is 18.7. The van der Waals surface area contributed by atoms with Gasteiger partial charge in [0.15, 0.2) is 0 Å². The largest absolute Gasteiger partial charge is 0.419 e. The summed E-state index contributed by atoms with van der Waals surface area (Å²) in [5.74, 6) is 1.61. The molecule has 4 heterocycles. The van der Waals surface area contributed by atoms with E-state index in [0.717, 1.165) is 30.8 Å². The molecule has 1 aromatic carbocycles. The van der Waals surface area contributed by atoms with Gasteiger partial charge in [-0.1, -0.05) is 24.3 Å². The highest BCUT2D eigenvalue weighted by Gasteiger charge is 2.36. The lowest BCUT2D eigenvalue weighted by molar-refractivity contribution is 0.275. The van der Waals surface area contributed by atoms with E-state index in [4.69, 9.17) is 4.42 Å². The molecular formula is C21H18N4O2. The summed E-state index contributed by atoms with van der Waals surface area (Å²) in [5.41, 5.74) is 2.32. The lowest BCUT2D eigenvalue weighted by atomic mass is 9.83. The molecule has 0 N–H and O–H groups in total. The number of fused-ring (bicyclic) bond motifs is 4. The Labute approximate surface area is 156 Å². The molecule has 2 bridgehead atoms. The molecule has 0 saturated carbocycles. The molecule has 0 radical (unpaired) electrons. The van der Waals surface area contributed by atoms with Gasteiger partial charge in [-0.05, 0) is 30.5 Å². The molecule has 0 aliphatic carbocycles. The molecule has 1 saturated heterocycles. The molecule has 27 heavy (non-hydrogen) atoms. The van der Waals surface area contributed by atoms with Crippen molar-refractivity contribution in [1.29, 1.82) is 5.26 Å². The van der Waals surface area contributed by atoms with E-state index in [1.165, 1.54) is 0 Å². The third-order valence-corrected chi connectivity index (χ3v) is 5.50. The van der Waals surface area contributed by atoms with Gasteiger partial charge in [0.25, 0.3) is 5.56 Å². The van der Waals surface area contributed by atoms with Gasteiger partial charge in [-0.2, -0.15) is 10.2 Å². The standard InChI is InChI=1S/C21H18N4O2/c22-10-17-21(27-20(23-17)15-5-2-1-3-6-15)24-11-14-9-16(13-24)18-7-4-8-19(26)25(18)12-14/h1-8,14,16H,9,11-13H2. The van der Waals surface area contributed by atoms with Crippen molar-refractivity contribution in [3.63, 3.8) is 0 Å². The molecule has 5 rings (SSSR count). The Morgan fingerprint density at radius 2 is 1.93 bits per heavy atom. The van der Waals surface area contributed by atoms with Crippen LogP contribution in [0.1, 0.15) is 23.7 Å². The molecule has 0 spiro atoms. The van der Waals surface area contributed by atoms with Gasteiger partial charge >= 0.3 is 0 Å². The van der Waals surface area contributed by atoms with Crippen LogP contribution < -0.4 is 10.5 Å². The van der Waals surface area contributed by atoms with Crippen molar-refractivity contribution in [2.75, 3.05) is 18.0 Å². The maximum absolute atomic E-state index is 12.2. The van der Waals surface area contributed by atoms with Crippen LogP contribution in [0.25, 0.3) is 11.5 Å². The smallest absolute Gasteiger partial charge is 0.250 e. The van der Waals surface area contributed by atoms with Crippen molar-refractivity contribution < 1.29 is 4.42 Å². The van der Waals surface area contributed by atoms with Crippen molar-refractivity contribution >= 4 is 5.88 Å². The highest BCUT2D eigenvalue weighted by molar-refractivity contribution is 5.59. The molecule has 134 valence electrons. The molecule has 2 aromatic heterocycles. The Kier molecular flexibility index (Phi) is 3.61. The van der Waals surface area contributed by atoms with Crippen LogP contribution in [-0.4, -0.2) is 22.6 Å². The number of aromatic nitrogens is 2. The summed E-state index contributed by atoms with van der Waals surface area (Å²) >= 11 is 0. The lowest BCUT2D eigenvalue weighted by Gasteiger charge is -2.42. The van der Waals surface area contributed by atoms with E-state index in [0.29, 0.717) is 29.9 Å². The zero-order valence-corrected chi connectivity index (χ0v) is 14.7. The van der Waals surface area contributed by atoms with Gasteiger partial charge < -0.3 is 13.9 Å². The third-order valence-electron chi connectivity index (χ3n) is 5.50. The number of rotatable bonds is 2. The minimum Gasteiger partial charge on any atom is -0.419 e. The van der Waals surface area contributed by atoms with Gasteiger partial charge in [-0.25, -0.2) is 0 Å². The number of hydrogen-bond donors (Lipinski definition) is 0. The zero-order chi connectivity index (χ0) is 18.4. The van der Waals surface area contributed by atoms with Crippen LogP contribution in [0.5, 0.6) is 0 Å². The predicted molar refractivity (Wildman–Crippen MR) is 100 cm³/mol. The maximum atomic E-state index is 12.2. The summed E-state index contributed by atoms with van der Waals surface area (Å²) in [5, 5.41) is 9.56. The number of piperidine rings is 1. The Morgan fingerprint density at radius 1 is 1.07 bits per heavy atom. The van der Waals surface area contributed by atoms with Crippen molar-refractivity contribution in [2.24, 2.45) is 5.92 Å². The summed E-state index contributed by atoms with van der Waals surface area (Å²) < 4.78 is 7.93. The molecule has 6 nitrogen and oxygen atoms in total. The monoisotopic (exact) mass is 358 g/mol. The number of nitrogens with zero attached hydrogens (tertiary/aromatic N) is 4. The molecule has 2 aliphatic heterocycles. The molecule has 2 aliphatic rings. The number of pyridine rings is 1. The van der Waals surface area contributed by atoms with E-state index in [1.807, 2.05) is 47.0 Å². The second kappa shape index (κ2) is 6.13. The van der Waals surface area contributed by atoms with Crippen LogP contribution in [0, 0.1) is 17.2 Å². The molecule has 2 unspecified atom stereocenters. The maximum Gasteiger partial charge on any atom is 0.250 e. The topological polar surface area (TPSA) is 75.1 Å². The number of benzene rings is 1. The van der Waals surface area contributed by atoms with Crippen LogP contribution in [0.4, 0.5) is 5.88 Å². The molecule has 1 fully saturated rings. The Balaban J connectivity index is 1.51. The van der Waals surface area contributed by atoms with Gasteiger partial charge in [0.1, 0.15) is 6.07 Å². The van der Waals surface area contributed by atoms with Gasteiger partial charge in [0, 0.05) is 42.9 Å². The van der Waals surface area contributed by atoms with E-state index < -0.39 is 0 Å². The normalized spacial score (nSPS) is 20.8. The first kappa shape index (κ1) is 15.9. The third kappa shape index (κ3) is 2.63. The van der Waals surface area contributed by atoms with Crippen LogP contribution in [0.3, 0.4) is 0 Å². The van der Waals surface area contributed by atoms with E-state index >= 15 is 0 Å². The van der Waals surface area contributed by atoms with E-state index in [2.05, 4.69) is 16.0 Å². The molecule has 2 atom stereocenters. The average molecular weight is 358 g/mol. The first-order valence-corrected chi connectivity index (χ1v) is 9.14. The Morgan fingerprint density at radius 3 is 2.74 bits per heavy atom. The SMILES string of the molecule is N#Cc1nc(-c2ccccc2)oc1N1CC2CC(C1)c1cccc(=O)n1C2. The van der Waals surface area contributed by atoms with Gasteiger partial charge in [-0.15, -0.1) is 0 Å². The number of anilines is 1. The quantitative estimate of drug-likeness (QED) is 0.704. The van der Waals surface area contributed by atoms with Crippen LogP contribution in [-0.2, 0) is 6.54 Å². The average Bonchev–Trinajstić information content (AvgIpc) is 3.14. The highest BCUT2D eigenvalue weighted by atomic mass is 16.4. The summed E-state index contributed by atoms with van der Waals surface area (Å²) in [7, 11) is 0. The fourth-order valence-corrected chi connectivity index (χ4v) is 4.37. The van der Waals surface area contributed by atoms with Gasteiger partial charge in [-0.3, -0.25) is 4.79 Å². The Bertz CT molecular complexity index is 1090. The second-order valence-electron chi connectivity index (χ2n) is 7.25. The van der Waals surface area contributed by atoms with Crippen molar-refractivity contribution in [3.05, 3.63) is 70.3 Å². The zero-order valence-electron chi connectivity index (χ0n) is 14.7. The predicted octanol–water partition coefficient (Wildman–Crippen LogP) is 3.00. The van der Waals surface area contributed by atoms with E-state index in [-0.39, 0.29) is 11.5 Å². The van der Waals surface area contributed by atoms with Crippen molar-refractivity contribution in [1.82, 2.24) is 9.55 Å². The fraction of sp³-hybridized carbons (Fsp3) is 0.286. The van der Waals surface area contributed by atoms with Crippen LogP contribution >= 0.6 is 0 Å². The Hall–Kier alpha value is -3.33. The van der Waals surface area contributed by atoms with Crippen molar-refractivity contribution in [3.8, 4) is 17.5 Å². The highest BCUT2D eigenvalue weighted by Crippen LogP contribution is 2.38. The molecule has 0 amide bonds. The summed E-state index contributed by atoms with van der Waals surface area (Å²) in [6.45, 7) is 2.19. The van der Waals surface area contributed by atoms with Crippen LogP contribution in [0.15, 0.2) is 57.7 Å². The fourth-order valence-electron chi connectivity index (χ4n) is 4.37. The lowest BCUT2D eigenvalue weighted by Crippen LogP contribution is -2.47.